The van der Waals surface area contributed by atoms with E-state index in [0.717, 1.165) is 33.9 Å². The monoisotopic (exact) mass is 616 g/mol. The van der Waals surface area contributed by atoms with Crippen LogP contribution in [0.2, 0.25) is 0 Å². The van der Waals surface area contributed by atoms with E-state index in [2.05, 4.69) is 30.7 Å². The maximum atomic E-state index is 14.2. The van der Waals surface area contributed by atoms with Crippen molar-refractivity contribution >= 4 is 39.1 Å². The van der Waals surface area contributed by atoms with E-state index in [0.29, 0.717) is 0 Å². The van der Waals surface area contributed by atoms with Crippen molar-refractivity contribution < 1.29 is 27.9 Å². The zero-order chi connectivity index (χ0) is 31.3. The molecule has 0 aromatic carbocycles. The van der Waals surface area contributed by atoms with Crippen LogP contribution in [0.25, 0.3) is 0 Å². The number of unbranched alkanes of at least 4 members (excludes halogenated alkanes) is 1. The Morgan fingerprint density at radius 2 is 1.79 bits per heavy atom. The van der Waals surface area contributed by atoms with Gasteiger partial charge in [0.25, 0.3) is 0 Å². The molecule has 0 aliphatic rings. The van der Waals surface area contributed by atoms with Gasteiger partial charge >= 0.3 is 12.1 Å². The predicted molar refractivity (Wildman–Crippen MR) is 163 cm³/mol. The number of carbonyl (C=O) groups excluding carboxylic acids is 1. The van der Waals surface area contributed by atoms with E-state index in [-0.39, 0.29) is 28.2 Å². The number of sulfone groups is 1. The second kappa shape index (κ2) is 12.9. The van der Waals surface area contributed by atoms with Crippen molar-refractivity contribution in [3.05, 3.63) is 70.3 Å². The number of nitrogens with two attached hydrogens (primary N) is 1. The van der Waals surface area contributed by atoms with Crippen LogP contribution in [0, 0.1) is 0 Å². The molecular formula is C30H40N4O6S2. The summed E-state index contributed by atoms with van der Waals surface area (Å²) in [4.78, 5) is 33.6. The van der Waals surface area contributed by atoms with Crippen LogP contribution >= 0.6 is 11.3 Å². The quantitative estimate of drug-likeness (QED) is 0.262. The summed E-state index contributed by atoms with van der Waals surface area (Å²) in [5, 5.41) is 9.51. The Hall–Kier alpha value is -3.35. The number of rotatable bonds is 12. The number of aromatic nitrogens is 2. The summed E-state index contributed by atoms with van der Waals surface area (Å²) < 4.78 is 33.8. The van der Waals surface area contributed by atoms with Crippen molar-refractivity contribution in [1.82, 2.24) is 9.97 Å². The summed E-state index contributed by atoms with van der Waals surface area (Å²) in [6, 6.07) is 11.2. The smallest absolute Gasteiger partial charge is 0.416 e. The van der Waals surface area contributed by atoms with Gasteiger partial charge in [-0.3, -0.25) is 14.7 Å². The van der Waals surface area contributed by atoms with Gasteiger partial charge in [-0.2, -0.15) is 0 Å². The van der Waals surface area contributed by atoms with Crippen LogP contribution in [0.5, 0.6) is 0 Å². The number of aliphatic carboxylic acids is 1. The van der Waals surface area contributed by atoms with Crippen LogP contribution in [-0.4, -0.2) is 47.7 Å². The summed E-state index contributed by atoms with van der Waals surface area (Å²) in [5.41, 5.74) is 5.83. The predicted octanol–water partition coefficient (Wildman–Crippen LogP) is 5.66. The second-order valence-electron chi connectivity index (χ2n) is 11.9. The fourth-order valence-corrected chi connectivity index (χ4v) is 7.31. The lowest BCUT2D eigenvalue weighted by molar-refractivity contribution is -0.135. The summed E-state index contributed by atoms with van der Waals surface area (Å²) >= 11 is 1.50. The van der Waals surface area contributed by atoms with E-state index in [9.17, 15) is 23.1 Å². The summed E-state index contributed by atoms with van der Waals surface area (Å²) in [6.45, 7) is 10.7. The highest BCUT2D eigenvalue weighted by atomic mass is 32.2. The van der Waals surface area contributed by atoms with Crippen LogP contribution in [0.15, 0.2) is 59.8 Å². The van der Waals surface area contributed by atoms with Crippen molar-refractivity contribution in [3.8, 4) is 0 Å². The standard InChI is InChI=1S/C30H40N4O6S2/c1-7-8-16-29(5,6)24-15-14-21(41-24)18-30(31,42(38,39)22-11-10-17-32-19-22)23-12-9-13-25(33-23)34(20-26(35)36)27(37)40-28(2,3)4/h9-15,17,19H,7-8,16,18,20,31H2,1-6H3,(H,35,36). The Labute approximate surface area is 251 Å². The lowest BCUT2D eigenvalue weighted by Gasteiger charge is -2.30. The second-order valence-corrected chi connectivity index (χ2v) is 15.2. The number of amides is 1. The fourth-order valence-electron chi connectivity index (χ4n) is 4.38. The largest absolute Gasteiger partial charge is 0.480 e. The van der Waals surface area contributed by atoms with Gasteiger partial charge in [0.15, 0.2) is 4.87 Å². The molecule has 0 spiro atoms. The topological polar surface area (TPSA) is 153 Å². The molecule has 0 saturated carbocycles. The maximum Gasteiger partial charge on any atom is 0.416 e. The number of ether oxygens (including phenoxy) is 1. The van der Waals surface area contributed by atoms with Crippen molar-refractivity contribution in [3.63, 3.8) is 0 Å². The van der Waals surface area contributed by atoms with Crippen molar-refractivity contribution in [1.29, 1.82) is 0 Å². The van der Waals surface area contributed by atoms with Crippen LogP contribution in [0.1, 0.15) is 76.3 Å². The molecule has 42 heavy (non-hydrogen) atoms. The third-order valence-electron chi connectivity index (χ3n) is 6.70. The van der Waals surface area contributed by atoms with Crippen molar-refractivity contribution in [2.24, 2.45) is 5.73 Å². The molecule has 1 unspecified atom stereocenters. The zero-order valence-electron chi connectivity index (χ0n) is 25.0. The Balaban J connectivity index is 2.15. The summed E-state index contributed by atoms with van der Waals surface area (Å²) in [7, 11) is -4.30. The first-order chi connectivity index (χ1) is 19.5. The van der Waals surface area contributed by atoms with E-state index in [1.165, 1.54) is 54.1 Å². The zero-order valence-corrected chi connectivity index (χ0v) is 26.6. The Bertz CT molecular complexity index is 1500. The number of thiophene rings is 1. The molecule has 0 radical (unpaired) electrons. The molecule has 10 nitrogen and oxygen atoms in total. The van der Waals surface area contributed by atoms with Crippen molar-refractivity contribution in [2.45, 2.75) is 88.0 Å². The third kappa shape index (κ3) is 7.73. The number of anilines is 1. The molecule has 0 saturated heterocycles. The number of nitrogens with zero attached hydrogens (tertiary/aromatic N) is 3. The molecule has 228 valence electrons. The van der Waals surface area contributed by atoms with Crippen LogP contribution < -0.4 is 10.6 Å². The van der Waals surface area contributed by atoms with Gasteiger partial charge in [0.05, 0.1) is 10.6 Å². The number of carboxylic acid groups (broad SMARTS) is 1. The number of carbonyl (C=O) groups is 2. The molecule has 3 rings (SSSR count). The highest BCUT2D eigenvalue weighted by molar-refractivity contribution is 7.92. The molecule has 0 bridgehead atoms. The van der Waals surface area contributed by atoms with E-state index in [1.54, 1.807) is 20.8 Å². The molecule has 12 heteroatoms. The van der Waals surface area contributed by atoms with Crippen LogP contribution in [0.3, 0.4) is 0 Å². The lowest BCUT2D eigenvalue weighted by Crippen LogP contribution is -2.48. The SMILES string of the molecule is CCCCC(C)(C)c1ccc(CC(N)(c2cccc(N(CC(=O)O)C(=O)OC(C)(C)C)n2)S(=O)(=O)c2cccnc2)s1. The van der Waals surface area contributed by atoms with E-state index in [1.807, 2.05) is 12.1 Å². The highest BCUT2D eigenvalue weighted by Crippen LogP contribution is 2.39. The van der Waals surface area contributed by atoms with Gasteiger partial charge < -0.3 is 15.6 Å². The first kappa shape index (κ1) is 33.2. The number of hydrogen-bond acceptors (Lipinski definition) is 9. The van der Waals surface area contributed by atoms with E-state index < -0.39 is 38.9 Å². The molecule has 1 amide bonds. The Morgan fingerprint density at radius 1 is 1.07 bits per heavy atom. The molecule has 3 aromatic rings. The van der Waals surface area contributed by atoms with Gasteiger partial charge in [-0.05, 0) is 69.0 Å². The van der Waals surface area contributed by atoms with Gasteiger partial charge in [0, 0.05) is 28.6 Å². The first-order valence-corrected chi connectivity index (χ1v) is 16.0. The number of carboxylic acids is 1. The molecule has 3 aromatic heterocycles. The average molecular weight is 617 g/mol. The van der Waals surface area contributed by atoms with Gasteiger partial charge in [-0.15, -0.1) is 11.3 Å². The third-order valence-corrected chi connectivity index (χ3v) is 10.3. The molecule has 0 aliphatic heterocycles. The van der Waals surface area contributed by atoms with Crippen LogP contribution in [0.4, 0.5) is 10.6 Å². The molecule has 0 fully saturated rings. The fraction of sp³-hybridized carbons (Fsp3) is 0.467. The highest BCUT2D eigenvalue weighted by Gasteiger charge is 2.45. The normalized spacial score (nSPS) is 13.8. The molecule has 3 N–H and O–H groups in total. The minimum atomic E-state index is -4.30. The van der Waals surface area contributed by atoms with E-state index in [4.69, 9.17) is 10.5 Å². The Kier molecular flexibility index (Phi) is 10.2. The van der Waals surface area contributed by atoms with E-state index >= 15 is 0 Å². The molecule has 0 aliphatic carbocycles. The first-order valence-electron chi connectivity index (χ1n) is 13.7. The minimum absolute atomic E-state index is 0.0528. The van der Waals surface area contributed by atoms with Gasteiger partial charge in [-0.1, -0.05) is 39.7 Å². The minimum Gasteiger partial charge on any atom is -0.480 e. The maximum absolute atomic E-state index is 14.2. The van der Waals surface area contributed by atoms with Gasteiger partial charge in [0.2, 0.25) is 9.84 Å². The Morgan fingerprint density at radius 3 is 2.38 bits per heavy atom. The molecule has 1 atom stereocenters. The summed E-state index contributed by atoms with van der Waals surface area (Å²) in [6.07, 6.45) is 4.76. The van der Waals surface area contributed by atoms with Crippen LogP contribution in [-0.2, 0) is 36.1 Å². The average Bonchev–Trinajstić information content (AvgIpc) is 3.39. The lowest BCUT2D eigenvalue weighted by atomic mass is 9.86. The molecule has 3 heterocycles. The van der Waals surface area contributed by atoms with Gasteiger partial charge in [0.1, 0.15) is 18.0 Å². The number of hydrogen-bond donors (Lipinski definition) is 2. The number of pyridine rings is 2. The van der Waals surface area contributed by atoms with Crippen molar-refractivity contribution in [2.75, 3.05) is 11.4 Å². The summed E-state index contributed by atoms with van der Waals surface area (Å²) in [5.74, 6) is -1.40. The molecular weight excluding hydrogens is 576 g/mol. The van der Waals surface area contributed by atoms with Gasteiger partial charge in [-0.25, -0.2) is 18.2 Å².